The van der Waals surface area contributed by atoms with E-state index < -0.39 is 10.0 Å². The number of hydrogen-bond acceptors (Lipinski definition) is 3. The van der Waals surface area contributed by atoms with Crippen molar-refractivity contribution in [1.82, 2.24) is 9.78 Å². The molecule has 3 rings (SSSR count). The molecule has 1 heterocycles. The highest BCUT2D eigenvalue weighted by atomic mass is 32.2. The first-order valence-corrected chi connectivity index (χ1v) is 9.97. The third-order valence-electron chi connectivity index (χ3n) is 4.30. The molecular weight excluding hydrogens is 322 g/mol. The molecule has 1 aromatic heterocycles. The zero-order chi connectivity index (χ0) is 17.5. The standard InChI is InChI=1S/C18H25N3O2S/c1-5-20-12-17(18(19-20)15-9-10-15)24(22,23)21(13(2)3)16-8-6-7-14(4)11-16/h6-8,11-13,15H,5,9-10H2,1-4H3. The number of rotatable bonds is 6. The third-order valence-corrected chi connectivity index (χ3v) is 6.33. The summed E-state index contributed by atoms with van der Waals surface area (Å²) in [5.74, 6) is 0.286. The van der Waals surface area contributed by atoms with Crippen molar-refractivity contribution in [1.29, 1.82) is 0 Å². The van der Waals surface area contributed by atoms with E-state index in [0.29, 0.717) is 17.1 Å². The Bertz CT molecular complexity index is 836. The van der Waals surface area contributed by atoms with Crippen molar-refractivity contribution in [3.63, 3.8) is 0 Å². The molecule has 2 aromatic rings. The summed E-state index contributed by atoms with van der Waals surface area (Å²) in [5.41, 5.74) is 2.48. The second-order valence-corrected chi connectivity index (χ2v) is 8.53. The summed E-state index contributed by atoms with van der Waals surface area (Å²) in [6.07, 6.45) is 3.74. The summed E-state index contributed by atoms with van der Waals surface area (Å²) in [4.78, 5) is 0.363. The lowest BCUT2D eigenvalue weighted by molar-refractivity contribution is 0.583. The fourth-order valence-corrected chi connectivity index (χ4v) is 4.89. The summed E-state index contributed by atoms with van der Waals surface area (Å²) >= 11 is 0. The van der Waals surface area contributed by atoms with Gasteiger partial charge in [0.1, 0.15) is 4.90 Å². The summed E-state index contributed by atoms with van der Waals surface area (Å²) < 4.78 is 30.1. The molecule has 0 unspecified atom stereocenters. The molecule has 1 saturated carbocycles. The number of anilines is 1. The van der Waals surface area contributed by atoms with Crippen LogP contribution in [0.4, 0.5) is 5.69 Å². The minimum absolute atomic E-state index is 0.172. The van der Waals surface area contributed by atoms with Crippen LogP contribution in [-0.2, 0) is 16.6 Å². The molecule has 5 nitrogen and oxygen atoms in total. The topological polar surface area (TPSA) is 55.2 Å². The van der Waals surface area contributed by atoms with Gasteiger partial charge >= 0.3 is 0 Å². The van der Waals surface area contributed by atoms with E-state index in [0.717, 1.165) is 24.1 Å². The van der Waals surface area contributed by atoms with Gasteiger partial charge in [-0.05, 0) is 58.2 Å². The van der Waals surface area contributed by atoms with Crippen molar-refractivity contribution in [3.8, 4) is 0 Å². The molecule has 1 aliphatic rings. The van der Waals surface area contributed by atoms with Crippen LogP contribution in [-0.4, -0.2) is 24.2 Å². The molecule has 130 valence electrons. The van der Waals surface area contributed by atoms with E-state index in [9.17, 15) is 8.42 Å². The van der Waals surface area contributed by atoms with Gasteiger partial charge in [-0.25, -0.2) is 8.42 Å². The second-order valence-electron chi connectivity index (χ2n) is 6.74. The molecule has 1 aromatic carbocycles. The first kappa shape index (κ1) is 17.0. The normalized spacial score (nSPS) is 15.0. The van der Waals surface area contributed by atoms with Gasteiger partial charge < -0.3 is 0 Å². The Labute approximate surface area is 144 Å². The van der Waals surface area contributed by atoms with Gasteiger partial charge in [0.2, 0.25) is 0 Å². The number of hydrogen-bond donors (Lipinski definition) is 0. The molecule has 0 aliphatic heterocycles. The zero-order valence-corrected chi connectivity index (χ0v) is 15.5. The number of nitrogens with zero attached hydrogens (tertiary/aromatic N) is 3. The predicted octanol–water partition coefficient (Wildman–Crippen LogP) is 3.69. The average molecular weight is 347 g/mol. The maximum atomic E-state index is 13.4. The number of aryl methyl sites for hydroxylation is 2. The van der Waals surface area contributed by atoms with Crippen molar-refractivity contribution in [3.05, 3.63) is 41.7 Å². The highest BCUT2D eigenvalue weighted by Crippen LogP contribution is 2.43. The van der Waals surface area contributed by atoms with Gasteiger partial charge in [0.05, 0.1) is 11.4 Å². The molecule has 1 fully saturated rings. The minimum Gasteiger partial charge on any atom is -0.271 e. The molecule has 6 heteroatoms. The summed E-state index contributed by atoms with van der Waals surface area (Å²) in [6, 6.07) is 7.46. The van der Waals surface area contributed by atoms with Crippen LogP contribution in [0.3, 0.4) is 0 Å². The van der Waals surface area contributed by atoms with Crippen LogP contribution in [0.2, 0.25) is 0 Å². The molecule has 0 atom stereocenters. The SMILES string of the molecule is CCn1cc(S(=O)(=O)N(c2cccc(C)c2)C(C)C)c(C2CC2)n1. The first-order valence-electron chi connectivity index (χ1n) is 8.53. The van der Waals surface area contributed by atoms with Crippen LogP contribution in [0.25, 0.3) is 0 Å². The van der Waals surface area contributed by atoms with Crippen molar-refractivity contribution in [2.24, 2.45) is 0 Å². The van der Waals surface area contributed by atoms with E-state index in [2.05, 4.69) is 5.10 Å². The van der Waals surface area contributed by atoms with Crippen molar-refractivity contribution in [2.75, 3.05) is 4.31 Å². The second kappa shape index (κ2) is 6.24. The number of benzene rings is 1. The fourth-order valence-electron chi connectivity index (χ4n) is 3.00. The molecule has 0 saturated heterocycles. The summed E-state index contributed by atoms with van der Waals surface area (Å²) in [6.45, 7) is 8.42. The zero-order valence-electron chi connectivity index (χ0n) is 14.7. The van der Waals surface area contributed by atoms with Crippen LogP contribution in [0, 0.1) is 6.92 Å². The molecule has 0 bridgehead atoms. The monoisotopic (exact) mass is 347 g/mol. The molecular formula is C18H25N3O2S. The molecule has 0 N–H and O–H groups in total. The van der Waals surface area contributed by atoms with E-state index in [1.54, 1.807) is 10.9 Å². The summed E-state index contributed by atoms with van der Waals surface area (Å²) in [7, 11) is -3.65. The van der Waals surface area contributed by atoms with E-state index in [-0.39, 0.29) is 12.0 Å². The quantitative estimate of drug-likeness (QED) is 0.801. The van der Waals surface area contributed by atoms with Crippen LogP contribution < -0.4 is 4.31 Å². The third kappa shape index (κ3) is 3.07. The van der Waals surface area contributed by atoms with Crippen molar-refractivity contribution in [2.45, 2.75) is 63.9 Å². The molecule has 1 aliphatic carbocycles. The van der Waals surface area contributed by atoms with Gasteiger partial charge in [-0.1, -0.05) is 12.1 Å². The fraction of sp³-hybridized carbons (Fsp3) is 0.500. The van der Waals surface area contributed by atoms with Crippen molar-refractivity contribution >= 4 is 15.7 Å². The van der Waals surface area contributed by atoms with Gasteiger partial charge in [0.15, 0.2) is 0 Å². The Morgan fingerprint density at radius 1 is 1.33 bits per heavy atom. The van der Waals surface area contributed by atoms with Crippen LogP contribution in [0.5, 0.6) is 0 Å². The first-order chi connectivity index (χ1) is 11.3. The smallest absolute Gasteiger partial charge is 0.267 e. The van der Waals surface area contributed by atoms with E-state index in [4.69, 9.17) is 0 Å². The maximum Gasteiger partial charge on any atom is 0.267 e. The Hall–Kier alpha value is -1.82. The van der Waals surface area contributed by atoms with E-state index >= 15 is 0 Å². The molecule has 24 heavy (non-hydrogen) atoms. The lowest BCUT2D eigenvalue weighted by Gasteiger charge is -2.28. The van der Waals surface area contributed by atoms with Gasteiger partial charge in [-0.3, -0.25) is 8.99 Å². The Morgan fingerprint density at radius 3 is 2.58 bits per heavy atom. The van der Waals surface area contributed by atoms with Crippen LogP contribution in [0.15, 0.2) is 35.4 Å². The molecule has 0 spiro atoms. The van der Waals surface area contributed by atoms with Crippen molar-refractivity contribution < 1.29 is 8.42 Å². The molecule has 0 amide bonds. The number of aromatic nitrogens is 2. The lowest BCUT2D eigenvalue weighted by Crippen LogP contribution is -2.37. The van der Waals surface area contributed by atoms with E-state index in [1.807, 2.05) is 52.0 Å². The highest BCUT2D eigenvalue weighted by molar-refractivity contribution is 7.93. The van der Waals surface area contributed by atoms with Gasteiger partial charge in [-0.15, -0.1) is 0 Å². The largest absolute Gasteiger partial charge is 0.271 e. The van der Waals surface area contributed by atoms with Crippen LogP contribution in [0.1, 0.15) is 50.8 Å². The van der Waals surface area contributed by atoms with Gasteiger partial charge in [-0.2, -0.15) is 5.10 Å². The Morgan fingerprint density at radius 2 is 2.04 bits per heavy atom. The van der Waals surface area contributed by atoms with Gasteiger partial charge in [0.25, 0.3) is 10.0 Å². The predicted molar refractivity (Wildman–Crippen MR) is 95.9 cm³/mol. The Kier molecular flexibility index (Phi) is 4.42. The number of sulfonamides is 1. The highest BCUT2D eigenvalue weighted by Gasteiger charge is 2.37. The minimum atomic E-state index is -3.65. The van der Waals surface area contributed by atoms with Crippen LogP contribution >= 0.6 is 0 Å². The lowest BCUT2D eigenvalue weighted by atomic mass is 10.2. The van der Waals surface area contributed by atoms with E-state index in [1.165, 1.54) is 4.31 Å². The summed E-state index contributed by atoms with van der Waals surface area (Å²) in [5, 5.41) is 4.52. The Balaban J connectivity index is 2.12. The molecule has 0 radical (unpaired) electrons. The average Bonchev–Trinajstić information content (AvgIpc) is 3.25. The maximum absolute atomic E-state index is 13.4. The van der Waals surface area contributed by atoms with Gasteiger partial charge in [0, 0.05) is 24.7 Å².